The van der Waals surface area contributed by atoms with Gasteiger partial charge in [0, 0.05) is 19.0 Å². The van der Waals surface area contributed by atoms with Crippen molar-refractivity contribution in [3.63, 3.8) is 0 Å². The standard InChI is InChI=1S/C13H13FN2O2/c1-8(13(17)18)10-6-16(7-10)12-3-2-11(14)4-9(12)5-15/h2-4,8,10H,6-7H2,1H3,(H,17,18). The van der Waals surface area contributed by atoms with Crippen LogP contribution in [0.15, 0.2) is 18.2 Å². The number of rotatable bonds is 3. The lowest BCUT2D eigenvalue weighted by atomic mass is 9.86. The van der Waals surface area contributed by atoms with E-state index in [0.717, 1.165) is 0 Å². The number of hydrogen-bond acceptors (Lipinski definition) is 3. The van der Waals surface area contributed by atoms with E-state index in [1.165, 1.54) is 12.1 Å². The molecule has 4 nitrogen and oxygen atoms in total. The molecule has 94 valence electrons. The number of benzene rings is 1. The number of aliphatic carboxylic acids is 1. The van der Waals surface area contributed by atoms with E-state index in [2.05, 4.69) is 0 Å². The molecule has 2 rings (SSSR count). The zero-order valence-electron chi connectivity index (χ0n) is 9.93. The molecule has 1 unspecified atom stereocenters. The third-order valence-electron chi connectivity index (χ3n) is 3.43. The van der Waals surface area contributed by atoms with Gasteiger partial charge in [-0.3, -0.25) is 4.79 Å². The van der Waals surface area contributed by atoms with E-state index in [9.17, 15) is 9.18 Å². The van der Waals surface area contributed by atoms with Crippen LogP contribution in [0.25, 0.3) is 0 Å². The molecule has 18 heavy (non-hydrogen) atoms. The average Bonchev–Trinajstić information content (AvgIpc) is 2.28. The van der Waals surface area contributed by atoms with Gasteiger partial charge in [-0.15, -0.1) is 0 Å². The monoisotopic (exact) mass is 248 g/mol. The lowest BCUT2D eigenvalue weighted by Gasteiger charge is -2.43. The Morgan fingerprint density at radius 1 is 1.61 bits per heavy atom. The molecule has 0 spiro atoms. The molecule has 0 bridgehead atoms. The second kappa shape index (κ2) is 4.65. The fraction of sp³-hybridized carbons (Fsp3) is 0.385. The highest BCUT2D eigenvalue weighted by Crippen LogP contribution is 2.31. The van der Waals surface area contributed by atoms with E-state index >= 15 is 0 Å². The van der Waals surface area contributed by atoms with Crippen LogP contribution >= 0.6 is 0 Å². The van der Waals surface area contributed by atoms with Crippen molar-refractivity contribution in [3.05, 3.63) is 29.6 Å². The van der Waals surface area contributed by atoms with E-state index in [-0.39, 0.29) is 11.5 Å². The van der Waals surface area contributed by atoms with Gasteiger partial charge in [0.15, 0.2) is 0 Å². The highest BCUT2D eigenvalue weighted by molar-refractivity contribution is 5.71. The van der Waals surface area contributed by atoms with Crippen molar-refractivity contribution < 1.29 is 14.3 Å². The van der Waals surface area contributed by atoms with Crippen molar-refractivity contribution in [1.29, 1.82) is 5.26 Å². The molecule has 1 aliphatic rings. The second-order valence-corrected chi connectivity index (χ2v) is 4.57. The van der Waals surface area contributed by atoms with Crippen molar-refractivity contribution in [2.24, 2.45) is 11.8 Å². The van der Waals surface area contributed by atoms with Crippen LogP contribution in [0, 0.1) is 29.0 Å². The summed E-state index contributed by atoms with van der Waals surface area (Å²) >= 11 is 0. The number of nitriles is 1. The van der Waals surface area contributed by atoms with E-state index < -0.39 is 17.7 Å². The van der Waals surface area contributed by atoms with Crippen molar-refractivity contribution >= 4 is 11.7 Å². The molecule has 1 fully saturated rings. The van der Waals surface area contributed by atoms with Gasteiger partial charge in [-0.25, -0.2) is 4.39 Å². The normalized spacial score (nSPS) is 16.8. The van der Waals surface area contributed by atoms with Gasteiger partial charge in [-0.1, -0.05) is 6.92 Å². The fourth-order valence-corrected chi connectivity index (χ4v) is 2.10. The minimum absolute atomic E-state index is 0.0825. The molecule has 1 aromatic carbocycles. The zero-order chi connectivity index (χ0) is 13.3. The molecule has 1 N–H and O–H groups in total. The first-order chi connectivity index (χ1) is 8.52. The quantitative estimate of drug-likeness (QED) is 0.886. The van der Waals surface area contributed by atoms with Gasteiger partial charge in [-0.2, -0.15) is 5.26 Å². The highest BCUT2D eigenvalue weighted by Gasteiger charge is 2.35. The largest absolute Gasteiger partial charge is 0.481 e. The predicted octanol–water partition coefficient (Wildman–Crippen LogP) is 1.85. The van der Waals surface area contributed by atoms with Crippen molar-refractivity contribution in [2.75, 3.05) is 18.0 Å². The Labute approximate surface area is 104 Å². The molecule has 1 atom stereocenters. The van der Waals surface area contributed by atoms with Crippen LogP contribution in [0.5, 0.6) is 0 Å². The lowest BCUT2D eigenvalue weighted by molar-refractivity contribution is -0.143. The Morgan fingerprint density at radius 2 is 2.28 bits per heavy atom. The summed E-state index contributed by atoms with van der Waals surface area (Å²) in [7, 11) is 0. The van der Waals surface area contributed by atoms with Crippen LogP contribution < -0.4 is 4.90 Å². The summed E-state index contributed by atoms with van der Waals surface area (Å²) < 4.78 is 13.0. The van der Waals surface area contributed by atoms with Gasteiger partial charge >= 0.3 is 5.97 Å². The molecular formula is C13H13FN2O2. The third-order valence-corrected chi connectivity index (χ3v) is 3.43. The van der Waals surface area contributed by atoms with Crippen LogP contribution in [0.2, 0.25) is 0 Å². The van der Waals surface area contributed by atoms with Crippen LogP contribution in [0.3, 0.4) is 0 Å². The number of halogens is 1. The summed E-state index contributed by atoms with van der Waals surface area (Å²) in [6, 6.07) is 6.03. The van der Waals surface area contributed by atoms with Gasteiger partial charge < -0.3 is 10.0 Å². The van der Waals surface area contributed by atoms with Crippen LogP contribution in [-0.2, 0) is 4.79 Å². The molecule has 0 amide bonds. The smallest absolute Gasteiger partial charge is 0.306 e. The predicted molar refractivity (Wildman–Crippen MR) is 63.6 cm³/mol. The van der Waals surface area contributed by atoms with E-state index in [1.807, 2.05) is 11.0 Å². The first kappa shape index (κ1) is 12.4. The maximum absolute atomic E-state index is 13.0. The number of carboxylic acid groups (broad SMARTS) is 1. The van der Waals surface area contributed by atoms with Gasteiger partial charge in [0.05, 0.1) is 17.2 Å². The SMILES string of the molecule is CC(C(=O)O)C1CN(c2ccc(F)cc2C#N)C1. The van der Waals surface area contributed by atoms with E-state index in [0.29, 0.717) is 18.8 Å². The van der Waals surface area contributed by atoms with Crippen LogP contribution in [-0.4, -0.2) is 24.2 Å². The Balaban J connectivity index is 2.09. The maximum atomic E-state index is 13.0. The first-order valence-corrected chi connectivity index (χ1v) is 5.70. The van der Waals surface area contributed by atoms with Gasteiger partial charge in [0.2, 0.25) is 0 Å². The Morgan fingerprint density at radius 3 is 2.83 bits per heavy atom. The van der Waals surface area contributed by atoms with Crippen LogP contribution in [0.1, 0.15) is 12.5 Å². The Bertz CT molecular complexity index is 518. The molecule has 0 aromatic heterocycles. The summed E-state index contributed by atoms with van der Waals surface area (Å²) in [5, 5.41) is 17.8. The van der Waals surface area contributed by atoms with E-state index in [4.69, 9.17) is 10.4 Å². The summed E-state index contributed by atoms with van der Waals surface area (Å²) in [5.74, 6) is -1.56. The minimum Gasteiger partial charge on any atom is -0.481 e. The number of carboxylic acids is 1. The highest BCUT2D eigenvalue weighted by atomic mass is 19.1. The van der Waals surface area contributed by atoms with Gasteiger partial charge in [0.1, 0.15) is 11.9 Å². The van der Waals surface area contributed by atoms with Crippen molar-refractivity contribution in [3.8, 4) is 6.07 Å². The summed E-state index contributed by atoms with van der Waals surface area (Å²) in [6.07, 6.45) is 0. The molecule has 1 heterocycles. The Hall–Kier alpha value is -2.09. The summed E-state index contributed by atoms with van der Waals surface area (Å²) in [4.78, 5) is 12.7. The number of nitrogens with zero attached hydrogens (tertiary/aromatic N) is 2. The van der Waals surface area contributed by atoms with Crippen LogP contribution in [0.4, 0.5) is 10.1 Å². The Kier molecular flexibility index (Phi) is 3.19. The van der Waals surface area contributed by atoms with E-state index in [1.54, 1.807) is 13.0 Å². The summed E-state index contributed by atoms with van der Waals surface area (Å²) in [6.45, 7) is 2.86. The molecule has 0 aliphatic carbocycles. The van der Waals surface area contributed by atoms with Crippen molar-refractivity contribution in [1.82, 2.24) is 0 Å². The third kappa shape index (κ3) is 2.14. The molecule has 0 saturated carbocycles. The number of anilines is 1. The molecular weight excluding hydrogens is 235 g/mol. The zero-order valence-corrected chi connectivity index (χ0v) is 9.93. The molecule has 1 aliphatic heterocycles. The van der Waals surface area contributed by atoms with Gasteiger partial charge in [-0.05, 0) is 18.2 Å². The lowest BCUT2D eigenvalue weighted by Crippen LogP contribution is -2.51. The topological polar surface area (TPSA) is 64.3 Å². The second-order valence-electron chi connectivity index (χ2n) is 4.57. The molecule has 0 radical (unpaired) electrons. The maximum Gasteiger partial charge on any atom is 0.306 e. The minimum atomic E-state index is -0.806. The summed E-state index contributed by atoms with van der Waals surface area (Å²) in [5.41, 5.74) is 0.962. The number of hydrogen-bond donors (Lipinski definition) is 1. The average molecular weight is 248 g/mol. The molecule has 1 aromatic rings. The fourth-order valence-electron chi connectivity index (χ4n) is 2.10. The number of carbonyl (C=O) groups is 1. The molecule has 1 saturated heterocycles. The molecule has 5 heteroatoms. The van der Waals surface area contributed by atoms with Crippen molar-refractivity contribution in [2.45, 2.75) is 6.92 Å². The first-order valence-electron chi connectivity index (χ1n) is 5.70. The van der Waals surface area contributed by atoms with Gasteiger partial charge in [0.25, 0.3) is 0 Å².